The number of benzene rings is 1. The molecule has 122 valence electrons. The number of hydrogen-bond acceptors (Lipinski definition) is 3. The molecule has 1 aromatic carbocycles. The summed E-state index contributed by atoms with van der Waals surface area (Å²) >= 11 is 0. The number of likely N-dealkylation sites (tertiary alicyclic amines) is 1. The largest absolute Gasteiger partial charge is 0.378 e. The molecule has 0 bridgehead atoms. The van der Waals surface area contributed by atoms with Crippen molar-refractivity contribution in [2.45, 2.75) is 25.7 Å². The van der Waals surface area contributed by atoms with Gasteiger partial charge in [-0.25, -0.2) is 0 Å². The number of carbonyl (C=O) groups excluding carboxylic acids is 1. The van der Waals surface area contributed by atoms with Crippen molar-refractivity contribution in [3.05, 3.63) is 41.0 Å². The van der Waals surface area contributed by atoms with Crippen molar-refractivity contribution >= 4 is 11.6 Å². The monoisotopic (exact) mass is 312 g/mol. The molecule has 2 saturated heterocycles. The van der Waals surface area contributed by atoms with E-state index in [4.69, 9.17) is 4.74 Å². The molecule has 4 nitrogen and oxygen atoms in total. The lowest BCUT2D eigenvalue weighted by molar-refractivity contribution is 0.0743. The highest BCUT2D eigenvalue weighted by atomic mass is 16.5. The molecule has 3 fully saturated rings. The van der Waals surface area contributed by atoms with Gasteiger partial charge in [0.2, 0.25) is 0 Å². The van der Waals surface area contributed by atoms with Gasteiger partial charge in [-0.3, -0.25) is 4.79 Å². The Morgan fingerprint density at radius 3 is 2.04 bits per heavy atom. The summed E-state index contributed by atoms with van der Waals surface area (Å²) in [5, 5.41) is 0. The van der Waals surface area contributed by atoms with E-state index in [1.807, 2.05) is 17.0 Å². The van der Waals surface area contributed by atoms with E-state index >= 15 is 0 Å². The van der Waals surface area contributed by atoms with E-state index in [1.165, 1.54) is 18.5 Å². The van der Waals surface area contributed by atoms with Gasteiger partial charge in [0.25, 0.3) is 5.91 Å². The predicted octanol–water partition coefficient (Wildman–Crippen LogP) is 2.85. The highest BCUT2D eigenvalue weighted by Gasteiger charge is 2.25. The number of hydrogen-bond donors (Lipinski definition) is 0. The first-order valence-electron chi connectivity index (χ1n) is 8.73. The summed E-state index contributed by atoms with van der Waals surface area (Å²) < 4.78 is 5.39. The molecule has 2 aliphatic heterocycles. The lowest BCUT2D eigenvalue weighted by Gasteiger charge is -2.30. The summed E-state index contributed by atoms with van der Waals surface area (Å²) in [4.78, 5) is 17.0. The zero-order valence-electron chi connectivity index (χ0n) is 13.6. The second-order valence-electron chi connectivity index (χ2n) is 6.65. The van der Waals surface area contributed by atoms with Gasteiger partial charge in [0.1, 0.15) is 0 Å². The van der Waals surface area contributed by atoms with Crippen LogP contribution >= 0.6 is 0 Å². The molecule has 23 heavy (non-hydrogen) atoms. The Morgan fingerprint density at radius 2 is 1.43 bits per heavy atom. The van der Waals surface area contributed by atoms with Crippen LogP contribution in [0.3, 0.4) is 0 Å². The Morgan fingerprint density at radius 1 is 0.826 bits per heavy atom. The smallest absolute Gasteiger partial charge is 0.253 e. The molecule has 0 spiro atoms. The molecular formula is C19H24N2O2. The van der Waals surface area contributed by atoms with Crippen LogP contribution in [0, 0.1) is 0 Å². The predicted molar refractivity (Wildman–Crippen MR) is 90.9 cm³/mol. The highest BCUT2D eigenvalue weighted by Crippen LogP contribution is 2.36. The van der Waals surface area contributed by atoms with Crippen LogP contribution in [0.2, 0.25) is 0 Å². The third kappa shape index (κ3) is 3.27. The normalized spacial score (nSPS) is 21.6. The molecule has 0 radical (unpaired) electrons. The summed E-state index contributed by atoms with van der Waals surface area (Å²) in [6.07, 6.45) is 4.75. The Balaban J connectivity index is 1.39. The van der Waals surface area contributed by atoms with E-state index in [0.29, 0.717) is 0 Å². The van der Waals surface area contributed by atoms with Crippen molar-refractivity contribution in [2.24, 2.45) is 0 Å². The number of ether oxygens (including phenoxy) is 1. The molecule has 0 atom stereocenters. The van der Waals surface area contributed by atoms with Gasteiger partial charge in [0.05, 0.1) is 13.2 Å². The van der Waals surface area contributed by atoms with Crippen LogP contribution < -0.4 is 4.90 Å². The minimum absolute atomic E-state index is 0.179. The first kappa shape index (κ1) is 14.8. The molecule has 4 rings (SSSR count). The third-order valence-electron chi connectivity index (χ3n) is 5.14. The maximum absolute atomic E-state index is 12.7. The Labute approximate surface area is 137 Å². The molecule has 0 aromatic heterocycles. The Kier molecular flexibility index (Phi) is 4.08. The highest BCUT2D eigenvalue weighted by molar-refractivity contribution is 5.94. The molecule has 0 unspecified atom stereocenters. The molecule has 1 aliphatic carbocycles. The number of allylic oxidation sites excluding steroid dienone is 1. The third-order valence-corrected chi connectivity index (χ3v) is 5.14. The fraction of sp³-hybridized carbons (Fsp3) is 0.526. The van der Waals surface area contributed by atoms with Crippen molar-refractivity contribution in [1.29, 1.82) is 0 Å². The van der Waals surface area contributed by atoms with Gasteiger partial charge in [-0.05, 0) is 49.9 Å². The number of rotatable bonds is 2. The fourth-order valence-electron chi connectivity index (χ4n) is 3.57. The number of piperidine rings is 1. The number of amides is 1. The van der Waals surface area contributed by atoms with E-state index in [0.717, 1.165) is 57.8 Å². The minimum Gasteiger partial charge on any atom is -0.378 e. The average molecular weight is 312 g/mol. The standard InChI is InChI=1S/C19H24N2O2/c22-19(21-9-7-16(8-10-21)15-1-2-15)17-3-5-18(6-4-17)20-11-13-23-14-12-20/h3-6H,1-2,7-14H2. The van der Waals surface area contributed by atoms with Crippen LogP contribution in [-0.2, 0) is 4.74 Å². The van der Waals surface area contributed by atoms with Crippen molar-refractivity contribution in [2.75, 3.05) is 44.3 Å². The van der Waals surface area contributed by atoms with E-state index < -0.39 is 0 Å². The number of nitrogens with zero attached hydrogens (tertiary/aromatic N) is 2. The SMILES string of the molecule is O=C(c1ccc(N2CCOCC2)cc1)N1CCC(=C2CC2)CC1. The van der Waals surface area contributed by atoms with Gasteiger partial charge in [-0.15, -0.1) is 0 Å². The summed E-state index contributed by atoms with van der Waals surface area (Å²) in [5.41, 5.74) is 5.28. The zero-order chi connectivity index (χ0) is 15.6. The van der Waals surface area contributed by atoms with Crippen LogP contribution in [0.4, 0.5) is 5.69 Å². The van der Waals surface area contributed by atoms with Gasteiger partial charge in [0, 0.05) is 37.4 Å². The second-order valence-corrected chi connectivity index (χ2v) is 6.65. The molecule has 0 N–H and O–H groups in total. The lowest BCUT2D eigenvalue weighted by Crippen LogP contribution is -2.37. The van der Waals surface area contributed by atoms with Crippen LogP contribution in [0.1, 0.15) is 36.0 Å². The summed E-state index contributed by atoms with van der Waals surface area (Å²) in [6, 6.07) is 8.09. The molecular weight excluding hydrogens is 288 g/mol. The van der Waals surface area contributed by atoms with E-state index in [9.17, 15) is 4.79 Å². The van der Waals surface area contributed by atoms with Crippen LogP contribution in [0.15, 0.2) is 35.4 Å². The van der Waals surface area contributed by atoms with Gasteiger partial charge in [-0.1, -0.05) is 11.1 Å². The van der Waals surface area contributed by atoms with Crippen LogP contribution in [0.25, 0.3) is 0 Å². The van der Waals surface area contributed by atoms with Crippen LogP contribution in [0.5, 0.6) is 0 Å². The van der Waals surface area contributed by atoms with Crippen molar-refractivity contribution < 1.29 is 9.53 Å². The average Bonchev–Trinajstić information content (AvgIpc) is 3.47. The molecule has 1 aromatic rings. The minimum atomic E-state index is 0.179. The lowest BCUT2D eigenvalue weighted by atomic mass is 10.0. The van der Waals surface area contributed by atoms with E-state index in [1.54, 1.807) is 11.1 Å². The number of carbonyl (C=O) groups is 1. The maximum Gasteiger partial charge on any atom is 0.253 e. The molecule has 1 amide bonds. The molecule has 1 saturated carbocycles. The Bertz CT molecular complexity index is 599. The van der Waals surface area contributed by atoms with Crippen molar-refractivity contribution in [3.8, 4) is 0 Å². The van der Waals surface area contributed by atoms with Gasteiger partial charge in [-0.2, -0.15) is 0 Å². The zero-order valence-corrected chi connectivity index (χ0v) is 13.6. The van der Waals surface area contributed by atoms with Gasteiger partial charge < -0.3 is 14.5 Å². The topological polar surface area (TPSA) is 32.8 Å². The summed E-state index contributed by atoms with van der Waals surface area (Å²) in [6.45, 7) is 5.18. The van der Waals surface area contributed by atoms with Gasteiger partial charge in [0.15, 0.2) is 0 Å². The van der Waals surface area contributed by atoms with E-state index in [2.05, 4.69) is 17.0 Å². The quantitative estimate of drug-likeness (QED) is 0.787. The molecule has 4 heteroatoms. The second kappa shape index (κ2) is 6.36. The maximum atomic E-state index is 12.7. The Hall–Kier alpha value is -1.81. The molecule has 3 aliphatic rings. The number of morpholine rings is 1. The first-order valence-corrected chi connectivity index (χ1v) is 8.73. The number of anilines is 1. The summed E-state index contributed by atoms with van der Waals surface area (Å²) in [5.74, 6) is 0.179. The van der Waals surface area contributed by atoms with Gasteiger partial charge >= 0.3 is 0 Å². The fourth-order valence-corrected chi connectivity index (χ4v) is 3.57. The van der Waals surface area contributed by atoms with Crippen molar-refractivity contribution in [1.82, 2.24) is 4.90 Å². The van der Waals surface area contributed by atoms with Crippen molar-refractivity contribution in [3.63, 3.8) is 0 Å². The molecule has 2 heterocycles. The van der Waals surface area contributed by atoms with E-state index in [-0.39, 0.29) is 5.91 Å². The van der Waals surface area contributed by atoms with Crippen LogP contribution in [-0.4, -0.2) is 50.2 Å². The first-order chi connectivity index (χ1) is 11.3. The summed E-state index contributed by atoms with van der Waals surface area (Å²) in [7, 11) is 0.